The van der Waals surface area contributed by atoms with Gasteiger partial charge in [-0.2, -0.15) is 0 Å². The molecule has 0 saturated heterocycles. The molecule has 0 aromatic heterocycles. The van der Waals surface area contributed by atoms with Crippen LogP contribution in [0.4, 0.5) is 0 Å². The normalized spacial score (nSPS) is 13.7. The summed E-state index contributed by atoms with van der Waals surface area (Å²) in [6.45, 7) is 20.3. The summed E-state index contributed by atoms with van der Waals surface area (Å²) in [5.41, 5.74) is 0. The maximum atomic E-state index is 6.08. The number of nitrogens with one attached hydrogen (secondary N) is 1. The first-order valence-electron chi connectivity index (χ1n) is 10.8. The molecule has 5 nitrogen and oxygen atoms in total. The molecule has 0 spiro atoms. The first-order valence-corrected chi connectivity index (χ1v) is 13.3. The molecule has 0 saturated carbocycles. The first-order chi connectivity index (χ1) is 12.4. The third-order valence-electron chi connectivity index (χ3n) is 4.79. The van der Waals surface area contributed by atoms with Crippen molar-refractivity contribution in [3.05, 3.63) is 0 Å². The molecule has 0 heterocycles. The van der Waals surface area contributed by atoms with E-state index in [0.29, 0.717) is 6.04 Å². The zero-order valence-electron chi connectivity index (χ0n) is 18.8. The van der Waals surface area contributed by atoms with Crippen LogP contribution in [0.5, 0.6) is 0 Å². The van der Waals surface area contributed by atoms with Gasteiger partial charge in [0.05, 0.1) is 0 Å². The highest BCUT2D eigenvalue weighted by molar-refractivity contribution is 6.66. The maximum absolute atomic E-state index is 6.08. The standard InChI is InChI=1S/C20H47N3O2Si/c1-8-15-22(6)16-13-18-23(17-12-14-21-20(5)9-2)19-26(7,24-10-3)25-11-4/h20-21H,8-19H2,1-7H3. The lowest BCUT2D eigenvalue weighted by Crippen LogP contribution is -2.51. The van der Waals surface area contributed by atoms with Gasteiger partial charge in [-0.25, -0.2) is 0 Å². The van der Waals surface area contributed by atoms with Crippen molar-refractivity contribution in [3.8, 4) is 0 Å². The van der Waals surface area contributed by atoms with Crippen LogP contribution >= 0.6 is 0 Å². The van der Waals surface area contributed by atoms with Gasteiger partial charge in [-0.3, -0.25) is 0 Å². The van der Waals surface area contributed by atoms with Crippen molar-refractivity contribution >= 4 is 8.56 Å². The highest BCUT2D eigenvalue weighted by Crippen LogP contribution is 2.11. The SMILES string of the molecule is CCCN(C)CCCN(CCCNC(C)CC)C[Si](C)(OCC)OCC. The highest BCUT2D eigenvalue weighted by Gasteiger charge is 2.33. The lowest BCUT2D eigenvalue weighted by molar-refractivity contribution is 0.161. The molecular formula is C20H47N3O2Si. The Morgan fingerprint density at radius 2 is 1.54 bits per heavy atom. The molecule has 0 amide bonds. The summed E-state index contributed by atoms with van der Waals surface area (Å²) >= 11 is 0. The van der Waals surface area contributed by atoms with E-state index in [9.17, 15) is 0 Å². The zero-order valence-corrected chi connectivity index (χ0v) is 19.8. The second-order valence-corrected chi connectivity index (χ2v) is 10.7. The van der Waals surface area contributed by atoms with Gasteiger partial charge >= 0.3 is 8.56 Å². The predicted octanol–water partition coefficient (Wildman–Crippen LogP) is 3.48. The fourth-order valence-electron chi connectivity index (χ4n) is 3.27. The van der Waals surface area contributed by atoms with Crippen LogP contribution in [-0.2, 0) is 8.85 Å². The van der Waals surface area contributed by atoms with E-state index in [1.807, 2.05) is 0 Å². The monoisotopic (exact) mass is 389 g/mol. The smallest absolute Gasteiger partial charge is 0.349 e. The Labute approximate surface area is 165 Å². The minimum absolute atomic E-state index is 0.609. The minimum Gasteiger partial charge on any atom is -0.394 e. The number of hydrogen-bond acceptors (Lipinski definition) is 5. The molecule has 158 valence electrons. The Kier molecular flexibility index (Phi) is 16.0. The molecule has 0 rings (SSSR count). The van der Waals surface area contributed by atoms with Crippen LogP contribution in [0.1, 0.15) is 60.3 Å². The third kappa shape index (κ3) is 13.2. The molecule has 0 aromatic rings. The molecule has 1 atom stereocenters. The summed E-state index contributed by atoms with van der Waals surface area (Å²) in [6, 6.07) is 0.609. The van der Waals surface area contributed by atoms with E-state index >= 15 is 0 Å². The lowest BCUT2D eigenvalue weighted by atomic mass is 10.2. The summed E-state index contributed by atoms with van der Waals surface area (Å²) in [7, 11) is 0.123. The number of hydrogen-bond donors (Lipinski definition) is 1. The largest absolute Gasteiger partial charge is 0.394 e. The van der Waals surface area contributed by atoms with Gasteiger partial charge < -0.3 is 24.0 Å². The Morgan fingerprint density at radius 3 is 2.08 bits per heavy atom. The van der Waals surface area contributed by atoms with Crippen LogP contribution in [0.25, 0.3) is 0 Å². The summed E-state index contributed by atoms with van der Waals surface area (Å²) in [6.07, 6.45) is 5.76. The molecule has 0 bridgehead atoms. The van der Waals surface area contributed by atoms with Crippen molar-refractivity contribution in [2.24, 2.45) is 0 Å². The average molecular weight is 390 g/mol. The van der Waals surface area contributed by atoms with Gasteiger partial charge in [0, 0.05) is 25.4 Å². The third-order valence-corrected chi connectivity index (χ3v) is 7.61. The van der Waals surface area contributed by atoms with Gasteiger partial charge in [-0.1, -0.05) is 13.8 Å². The average Bonchev–Trinajstić information content (AvgIpc) is 2.58. The molecule has 0 radical (unpaired) electrons. The summed E-state index contributed by atoms with van der Waals surface area (Å²) < 4.78 is 12.2. The fourth-order valence-corrected chi connectivity index (χ4v) is 5.89. The van der Waals surface area contributed by atoms with Gasteiger partial charge in [0.25, 0.3) is 0 Å². The lowest BCUT2D eigenvalue weighted by Gasteiger charge is -2.33. The van der Waals surface area contributed by atoms with Crippen molar-refractivity contribution in [1.82, 2.24) is 15.1 Å². The Bertz CT molecular complexity index is 315. The van der Waals surface area contributed by atoms with E-state index < -0.39 is 8.56 Å². The summed E-state index contributed by atoms with van der Waals surface area (Å²) in [4.78, 5) is 5.01. The van der Waals surface area contributed by atoms with Gasteiger partial charge in [0.1, 0.15) is 0 Å². The zero-order chi connectivity index (χ0) is 19.8. The summed E-state index contributed by atoms with van der Waals surface area (Å²) in [5.74, 6) is 0. The highest BCUT2D eigenvalue weighted by atomic mass is 28.4. The Balaban J connectivity index is 4.54. The van der Waals surface area contributed by atoms with Crippen molar-refractivity contribution < 1.29 is 8.85 Å². The van der Waals surface area contributed by atoms with Crippen LogP contribution in [0, 0.1) is 0 Å². The van der Waals surface area contributed by atoms with E-state index in [2.05, 4.69) is 63.3 Å². The second kappa shape index (κ2) is 16.0. The number of rotatable bonds is 18. The van der Waals surface area contributed by atoms with E-state index in [-0.39, 0.29) is 0 Å². The van der Waals surface area contributed by atoms with Crippen molar-refractivity contribution in [3.63, 3.8) is 0 Å². The van der Waals surface area contributed by atoms with E-state index in [0.717, 1.165) is 45.6 Å². The van der Waals surface area contributed by atoms with Crippen molar-refractivity contribution in [2.75, 3.05) is 59.2 Å². The molecule has 0 aliphatic rings. The van der Waals surface area contributed by atoms with Gasteiger partial charge in [0.2, 0.25) is 0 Å². The minimum atomic E-state index is -2.10. The van der Waals surface area contributed by atoms with Crippen molar-refractivity contribution in [1.29, 1.82) is 0 Å². The fraction of sp³-hybridized carbons (Fsp3) is 1.00. The molecular weight excluding hydrogens is 342 g/mol. The maximum Gasteiger partial charge on any atom is 0.349 e. The van der Waals surface area contributed by atoms with E-state index in [1.165, 1.54) is 32.2 Å². The molecule has 0 aliphatic heterocycles. The first kappa shape index (κ1) is 26.0. The summed E-state index contributed by atoms with van der Waals surface area (Å²) in [5, 5.41) is 3.61. The molecule has 0 aliphatic carbocycles. The van der Waals surface area contributed by atoms with Crippen molar-refractivity contribution in [2.45, 2.75) is 72.9 Å². The van der Waals surface area contributed by atoms with Crippen LogP contribution < -0.4 is 5.32 Å². The van der Waals surface area contributed by atoms with E-state index in [4.69, 9.17) is 8.85 Å². The van der Waals surface area contributed by atoms with Gasteiger partial charge in [-0.15, -0.1) is 0 Å². The quantitative estimate of drug-likeness (QED) is 0.287. The van der Waals surface area contributed by atoms with E-state index in [1.54, 1.807) is 0 Å². The molecule has 6 heteroatoms. The molecule has 1 N–H and O–H groups in total. The molecule has 0 fully saturated rings. The molecule has 26 heavy (non-hydrogen) atoms. The topological polar surface area (TPSA) is 37.0 Å². The van der Waals surface area contributed by atoms with Gasteiger partial charge in [-0.05, 0) is 92.8 Å². The molecule has 1 unspecified atom stereocenters. The predicted molar refractivity (Wildman–Crippen MR) is 116 cm³/mol. The Morgan fingerprint density at radius 1 is 0.923 bits per heavy atom. The number of nitrogens with zero attached hydrogens (tertiary/aromatic N) is 2. The van der Waals surface area contributed by atoms with Crippen LogP contribution in [0.3, 0.4) is 0 Å². The van der Waals surface area contributed by atoms with Gasteiger partial charge in [0.15, 0.2) is 0 Å². The van der Waals surface area contributed by atoms with Crippen LogP contribution in [-0.4, -0.2) is 83.6 Å². The second-order valence-electron chi connectivity index (χ2n) is 7.55. The van der Waals surface area contributed by atoms with Crippen LogP contribution in [0.2, 0.25) is 6.55 Å². The molecule has 0 aromatic carbocycles. The Hall–Kier alpha value is 0.0169. The van der Waals surface area contributed by atoms with Crippen LogP contribution in [0.15, 0.2) is 0 Å².